The molecule has 1 amide bonds. The van der Waals surface area contributed by atoms with Crippen LogP contribution in [0.3, 0.4) is 0 Å². The highest BCUT2D eigenvalue weighted by atomic mass is 19.1. The van der Waals surface area contributed by atoms with Crippen molar-refractivity contribution in [3.8, 4) is 6.07 Å². The third-order valence-electron chi connectivity index (χ3n) is 1.84. The van der Waals surface area contributed by atoms with E-state index in [1.807, 2.05) is 6.07 Å². The molecule has 0 heterocycles. The summed E-state index contributed by atoms with van der Waals surface area (Å²) in [6.07, 6.45) is 0. The average Bonchev–Trinajstić information content (AvgIpc) is 2.21. The minimum Gasteiger partial charge on any atom is -0.358 e. The van der Waals surface area contributed by atoms with Gasteiger partial charge in [-0.1, -0.05) is 12.1 Å². The molecule has 0 aliphatic heterocycles. The van der Waals surface area contributed by atoms with E-state index in [0.717, 1.165) is 0 Å². The molecule has 0 aliphatic rings. The van der Waals surface area contributed by atoms with Crippen molar-refractivity contribution < 1.29 is 9.18 Å². The van der Waals surface area contributed by atoms with E-state index in [0.29, 0.717) is 5.56 Å². The van der Waals surface area contributed by atoms with Crippen LogP contribution in [0, 0.1) is 17.1 Å². The highest BCUT2D eigenvalue weighted by molar-refractivity contribution is 5.86. The van der Waals surface area contributed by atoms with Gasteiger partial charge in [0.2, 0.25) is 5.91 Å². The fourth-order valence-electron chi connectivity index (χ4n) is 1.08. The van der Waals surface area contributed by atoms with Crippen LogP contribution in [0.25, 0.3) is 0 Å². The zero-order valence-corrected chi connectivity index (χ0v) is 7.62. The number of benzene rings is 1. The summed E-state index contributed by atoms with van der Waals surface area (Å²) in [4.78, 5) is 11.2. The standard InChI is InChI=1S/C10H9FN2O/c1-13-10(14)9(6-12)7-2-4-8(11)5-3-7/h2-5,9H,1H3,(H,13,14). The van der Waals surface area contributed by atoms with Crippen molar-refractivity contribution in [1.82, 2.24) is 5.32 Å². The second-order valence-corrected chi connectivity index (χ2v) is 2.73. The van der Waals surface area contributed by atoms with E-state index >= 15 is 0 Å². The molecule has 1 rings (SSSR count). The van der Waals surface area contributed by atoms with Gasteiger partial charge in [0.1, 0.15) is 11.7 Å². The molecule has 1 aromatic rings. The molecule has 0 saturated heterocycles. The summed E-state index contributed by atoms with van der Waals surface area (Å²) < 4.78 is 12.6. The van der Waals surface area contributed by atoms with Crippen molar-refractivity contribution in [3.63, 3.8) is 0 Å². The fourth-order valence-corrected chi connectivity index (χ4v) is 1.08. The molecule has 0 spiro atoms. The Labute approximate surface area is 81.2 Å². The second-order valence-electron chi connectivity index (χ2n) is 2.73. The lowest BCUT2D eigenvalue weighted by Crippen LogP contribution is -2.24. The van der Waals surface area contributed by atoms with Crippen LogP contribution in [0.1, 0.15) is 11.5 Å². The molecular weight excluding hydrogens is 183 g/mol. The van der Waals surface area contributed by atoms with Crippen molar-refractivity contribution in [2.45, 2.75) is 5.92 Å². The van der Waals surface area contributed by atoms with Gasteiger partial charge in [-0.25, -0.2) is 4.39 Å². The van der Waals surface area contributed by atoms with Crippen molar-refractivity contribution in [1.29, 1.82) is 5.26 Å². The van der Waals surface area contributed by atoms with Crippen LogP contribution >= 0.6 is 0 Å². The summed E-state index contributed by atoms with van der Waals surface area (Å²) in [5, 5.41) is 11.1. The van der Waals surface area contributed by atoms with E-state index in [4.69, 9.17) is 5.26 Å². The van der Waals surface area contributed by atoms with Crippen molar-refractivity contribution in [2.24, 2.45) is 0 Å². The molecule has 14 heavy (non-hydrogen) atoms. The summed E-state index contributed by atoms with van der Waals surface area (Å²) in [6, 6.07) is 7.16. The topological polar surface area (TPSA) is 52.9 Å². The number of hydrogen-bond acceptors (Lipinski definition) is 2. The Balaban J connectivity index is 2.97. The number of hydrogen-bond donors (Lipinski definition) is 1. The van der Waals surface area contributed by atoms with Crippen LogP contribution in [0.2, 0.25) is 0 Å². The van der Waals surface area contributed by atoms with Gasteiger partial charge in [-0.3, -0.25) is 4.79 Å². The summed E-state index contributed by atoms with van der Waals surface area (Å²) >= 11 is 0. The highest BCUT2D eigenvalue weighted by Gasteiger charge is 2.18. The third-order valence-corrected chi connectivity index (χ3v) is 1.84. The van der Waals surface area contributed by atoms with Crippen LogP contribution in [-0.4, -0.2) is 13.0 Å². The Morgan fingerprint density at radius 1 is 1.50 bits per heavy atom. The first kappa shape index (κ1) is 10.2. The van der Waals surface area contributed by atoms with E-state index in [1.54, 1.807) is 0 Å². The molecule has 0 saturated carbocycles. The van der Waals surface area contributed by atoms with Gasteiger partial charge in [0, 0.05) is 7.05 Å². The van der Waals surface area contributed by atoms with Gasteiger partial charge in [0.15, 0.2) is 0 Å². The number of nitrogens with zero attached hydrogens (tertiary/aromatic N) is 1. The summed E-state index contributed by atoms with van der Waals surface area (Å²) in [7, 11) is 1.45. The van der Waals surface area contributed by atoms with Gasteiger partial charge < -0.3 is 5.32 Å². The Bertz CT molecular complexity index is 367. The molecule has 4 heteroatoms. The third kappa shape index (κ3) is 2.07. The lowest BCUT2D eigenvalue weighted by atomic mass is 10.00. The maximum absolute atomic E-state index is 12.6. The van der Waals surface area contributed by atoms with Crippen molar-refractivity contribution in [3.05, 3.63) is 35.6 Å². The molecular formula is C10H9FN2O. The Morgan fingerprint density at radius 2 is 2.07 bits per heavy atom. The zero-order chi connectivity index (χ0) is 10.6. The number of carbonyl (C=O) groups is 1. The molecule has 1 aromatic carbocycles. The van der Waals surface area contributed by atoms with Crippen LogP contribution < -0.4 is 5.32 Å². The average molecular weight is 192 g/mol. The maximum Gasteiger partial charge on any atom is 0.241 e. The smallest absolute Gasteiger partial charge is 0.241 e. The van der Waals surface area contributed by atoms with E-state index in [2.05, 4.69) is 5.32 Å². The lowest BCUT2D eigenvalue weighted by molar-refractivity contribution is -0.120. The van der Waals surface area contributed by atoms with Crippen molar-refractivity contribution >= 4 is 5.91 Å². The van der Waals surface area contributed by atoms with Gasteiger partial charge in [-0.15, -0.1) is 0 Å². The second kappa shape index (κ2) is 4.38. The largest absolute Gasteiger partial charge is 0.358 e. The van der Waals surface area contributed by atoms with Gasteiger partial charge in [-0.05, 0) is 17.7 Å². The SMILES string of the molecule is CNC(=O)C(C#N)c1ccc(F)cc1. The Hall–Kier alpha value is -1.89. The number of nitrogens with one attached hydrogen (secondary N) is 1. The van der Waals surface area contributed by atoms with Crippen LogP contribution in [-0.2, 0) is 4.79 Å². The van der Waals surface area contributed by atoms with Gasteiger partial charge in [-0.2, -0.15) is 5.26 Å². The molecule has 0 radical (unpaired) electrons. The van der Waals surface area contributed by atoms with Crippen LogP contribution in [0.4, 0.5) is 4.39 Å². The summed E-state index contributed by atoms with van der Waals surface area (Å²) in [6.45, 7) is 0. The number of rotatable bonds is 2. The Morgan fingerprint density at radius 3 is 2.50 bits per heavy atom. The molecule has 1 N–H and O–H groups in total. The van der Waals surface area contributed by atoms with Gasteiger partial charge >= 0.3 is 0 Å². The molecule has 0 aliphatic carbocycles. The first-order valence-electron chi connectivity index (χ1n) is 4.05. The predicted molar refractivity (Wildman–Crippen MR) is 48.8 cm³/mol. The minimum atomic E-state index is -0.874. The summed E-state index contributed by atoms with van der Waals surface area (Å²) in [5.74, 6) is -1.65. The molecule has 1 atom stereocenters. The number of halogens is 1. The predicted octanol–water partition coefficient (Wildman–Crippen LogP) is 1.18. The van der Waals surface area contributed by atoms with E-state index in [9.17, 15) is 9.18 Å². The lowest BCUT2D eigenvalue weighted by Gasteiger charge is -2.06. The number of nitriles is 1. The number of likely N-dealkylation sites (N-methyl/N-ethyl adjacent to an activating group) is 1. The number of amides is 1. The molecule has 0 aromatic heterocycles. The fraction of sp³-hybridized carbons (Fsp3) is 0.200. The minimum absolute atomic E-state index is 0.387. The van der Waals surface area contributed by atoms with Crippen LogP contribution in [0.15, 0.2) is 24.3 Å². The maximum atomic E-state index is 12.6. The molecule has 1 unspecified atom stereocenters. The quantitative estimate of drug-likeness (QED) is 0.764. The number of carbonyl (C=O) groups excluding carboxylic acids is 1. The van der Waals surface area contributed by atoms with E-state index < -0.39 is 5.92 Å². The first-order valence-corrected chi connectivity index (χ1v) is 4.05. The first-order chi connectivity index (χ1) is 6.69. The van der Waals surface area contributed by atoms with Gasteiger partial charge in [0.05, 0.1) is 6.07 Å². The van der Waals surface area contributed by atoms with Crippen molar-refractivity contribution in [2.75, 3.05) is 7.05 Å². The monoisotopic (exact) mass is 192 g/mol. The zero-order valence-electron chi connectivity index (χ0n) is 7.62. The molecule has 0 fully saturated rings. The van der Waals surface area contributed by atoms with Crippen LogP contribution in [0.5, 0.6) is 0 Å². The van der Waals surface area contributed by atoms with E-state index in [-0.39, 0.29) is 11.7 Å². The normalized spacial score (nSPS) is 11.5. The highest BCUT2D eigenvalue weighted by Crippen LogP contribution is 2.15. The summed E-state index contributed by atoms with van der Waals surface area (Å²) in [5.41, 5.74) is 0.494. The van der Waals surface area contributed by atoms with E-state index in [1.165, 1.54) is 31.3 Å². The Kier molecular flexibility index (Phi) is 3.19. The molecule has 3 nitrogen and oxygen atoms in total. The molecule has 0 bridgehead atoms. The van der Waals surface area contributed by atoms with Gasteiger partial charge in [0.25, 0.3) is 0 Å². The molecule has 72 valence electrons.